The van der Waals surface area contributed by atoms with E-state index in [-0.39, 0.29) is 13.2 Å². The Labute approximate surface area is 161 Å². The minimum Gasteiger partial charge on any atom is -0.482 e. The Balaban J connectivity index is 1.62. The SMILES string of the molecule is CCc1ccc(OCC(=O)OCC(=O)NCC(=O)Nc2ccc(F)cc2)cc1. The van der Waals surface area contributed by atoms with Crippen molar-refractivity contribution in [2.24, 2.45) is 0 Å². The standard InChI is InChI=1S/C20H21FN2O5/c1-2-14-3-9-17(10-4-14)27-13-20(26)28-12-19(25)22-11-18(24)23-16-7-5-15(21)6-8-16/h3-10H,2,11-13H2,1H3,(H,22,25)(H,23,24). The lowest BCUT2D eigenvalue weighted by atomic mass is 10.2. The largest absolute Gasteiger partial charge is 0.482 e. The van der Waals surface area contributed by atoms with Crippen molar-refractivity contribution >= 4 is 23.5 Å². The predicted molar refractivity (Wildman–Crippen MR) is 100 cm³/mol. The lowest BCUT2D eigenvalue weighted by Gasteiger charge is -2.09. The van der Waals surface area contributed by atoms with Crippen molar-refractivity contribution in [3.63, 3.8) is 0 Å². The molecule has 2 aromatic rings. The number of esters is 1. The van der Waals surface area contributed by atoms with Crippen LogP contribution in [0.25, 0.3) is 0 Å². The van der Waals surface area contributed by atoms with Crippen molar-refractivity contribution < 1.29 is 28.2 Å². The summed E-state index contributed by atoms with van der Waals surface area (Å²) in [5, 5.41) is 4.80. The van der Waals surface area contributed by atoms with Crippen LogP contribution >= 0.6 is 0 Å². The molecule has 0 aliphatic carbocycles. The van der Waals surface area contributed by atoms with Crippen LogP contribution in [-0.2, 0) is 25.5 Å². The van der Waals surface area contributed by atoms with E-state index in [1.165, 1.54) is 24.3 Å². The molecule has 0 saturated carbocycles. The molecule has 0 bridgehead atoms. The third-order valence-corrected chi connectivity index (χ3v) is 3.63. The smallest absolute Gasteiger partial charge is 0.344 e. The second kappa shape index (κ2) is 10.7. The van der Waals surface area contributed by atoms with Gasteiger partial charge in [0.1, 0.15) is 11.6 Å². The van der Waals surface area contributed by atoms with Crippen LogP contribution in [0.2, 0.25) is 0 Å². The maximum Gasteiger partial charge on any atom is 0.344 e. The van der Waals surface area contributed by atoms with Crippen LogP contribution in [0.1, 0.15) is 12.5 Å². The molecular weight excluding hydrogens is 367 g/mol. The van der Waals surface area contributed by atoms with Gasteiger partial charge in [-0.15, -0.1) is 0 Å². The van der Waals surface area contributed by atoms with Gasteiger partial charge >= 0.3 is 5.97 Å². The quantitative estimate of drug-likeness (QED) is 0.642. The first-order valence-corrected chi connectivity index (χ1v) is 8.65. The van der Waals surface area contributed by atoms with Gasteiger partial charge in [0, 0.05) is 5.69 Å². The Morgan fingerprint density at radius 2 is 1.61 bits per heavy atom. The van der Waals surface area contributed by atoms with Gasteiger partial charge in [0.15, 0.2) is 13.2 Å². The third-order valence-electron chi connectivity index (χ3n) is 3.63. The van der Waals surface area contributed by atoms with E-state index in [1.54, 1.807) is 12.1 Å². The van der Waals surface area contributed by atoms with Crippen LogP contribution in [0.15, 0.2) is 48.5 Å². The number of carbonyl (C=O) groups excluding carboxylic acids is 3. The summed E-state index contributed by atoms with van der Waals surface area (Å²) in [5.41, 5.74) is 1.55. The zero-order chi connectivity index (χ0) is 20.4. The van der Waals surface area contributed by atoms with Crippen LogP contribution < -0.4 is 15.4 Å². The fraction of sp³-hybridized carbons (Fsp3) is 0.250. The molecule has 0 atom stereocenters. The molecule has 2 amide bonds. The number of benzene rings is 2. The van der Waals surface area contributed by atoms with Crippen LogP contribution in [-0.4, -0.2) is 37.5 Å². The summed E-state index contributed by atoms with van der Waals surface area (Å²) >= 11 is 0. The van der Waals surface area contributed by atoms with Crippen molar-refractivity contribution in [2.45, 2.75) is 13.3 Å². The second-order valence-corrected chi connectivity index (χ2v) is 5.78. The van der Waals surface area contributed by atoms with Crippen LogP contribution in [0, 0.1) is 5.82 Å². The van der Waals surface area contributed by atoms with Gasteiger partial charge in [0.25, 0.3) is 5.91 Å². The number of rotatable bonds is 9. The third kappa shape index (κ3) is 7.45. The molecule has 0 aliphatic rings. The molecule has 28 heavy (non-hydrogen) atoms. The van der Waals surface area contributed by atoms with E-state index in [4.69, 9.17) is 9.47 Å². The normalized spacial score (nSPS) is 10.1. The van der Waals surface area contributed by atoms with Gasteiger partial charge in [-0.2, -0.15) is 0 Å². The van der Waals surface area contributed by atoms with Crippen LogP contribution in [0.3, 0.4) is 0 Å². The van der Waals surface area contributed by atoms with Gasteiger partial charge in [-0.3, -0.25) is 9.59 Å². The molecule has 148 valence electrons. The van der Waals surface area contributed by atoms with Crippen LogP contribution in [0.5, 0.6) is 5.75 Å². The molecule has 0 aliphatic heterocycles. The van der Waals surface area contributed by atoms with E-state index in [1.807, 2.05) is 19.1 Å². The molecule has 2 rings (SSSR count). The molecule has 0 heterocycles. The minimum absolute atomic E-state index is 0.311. The highest BCUT2D eigenvalue weighted by Crippen LogP contribution is 2.12. The average molecular weight is 388 g/mol. The number of hydrogen-bond donors (Lipinski definition) is 2. The fourth-order valence-electron chi connectivity index (χ4n) is 2.12. The zero-order valence-electron chi connectivity index (χ0n) is 15.4. The Morgan fingerprint density at radius 3 is 2.25 bits per heavy atom. The summed E-state index contributed by atoms with van der Waals surface area (Å²) < 4.78 is 22.9. The average Bonchev–Trinajstić information content (AvgIpc) is 2.71. The first-order chi connectivity index (χ1) is 13.5. The van der Waals surface area contributed by atoms with Gasteiger partial charge in [-0.1, -0.05) is 19.1 Å². The Kier molecular flexibility index (Phi) is 7.95. The summed E-state index contributed by atoms with van der Waals surface area (Å²) in [5.74, 6) is -1.73. The topological polar surface area (TPSA) is 93.7 Å². The van der Waals surface area contributed by atoms with E-state index >= 15 is 0 Å². The number of nitrogens with one attached hydrogen (secondary N) is 2. The summed E-state index contributed by atoms with van der Waals surface area (Å²) in [6.07, 6.45) is 0.902. The van der Waals surface area contributed by atoms with Crippen molar-refractivity contribution in [1.29, 1.82) is 0 Å². The van der Waals surface area contributed by atoms with E-state index in [2.05, 4.69) is 10.6 Å². The van der Waals surface area contributed by atoms with Crippen molar-refractivity contribution in [3.8, 4) is 5.75 Å². The molecule has 0 saturated heterocycles. The summed E-state index contributed by atoms with van der Waals surface area (Å²) in [4.78, 5) is 34.9. The number of halogens is 1. The monoisotopic (exact) mass is 388 g/mol. The highest BCUT2D eigenvalue weighted by Gasteiger charge is 2.10. The summed E-state index contributed by atoms with van der Waals surface area (Å²) in [7, 11) is 0. The number of hydrogen-bond acceptors (Lipinski definition) is 5. The molecule has 0 fully saturated rings. The van der Waals surface area contributed by atoms with Crippen LogP contribution in [0.4, 0.5) is 10.1 Å². The lowest BCUT2D eigenvalue weighted by molar-refractivity contribution is -0.150. The Hall–Kier alpha value is -3.42. The minimum atomic E-state index is -0.703. The molecule has 0 aromatic heterocycles. The summed E-state index contributed by atoms with van der Waals surface area (Å²) in [6, 6.07) is 12.5. The molecule has 0 unspecified atom stereocenters. The number of ether oxygens (including phenoxy) is 2. The first kappa shape index (κ1) is 20.9. The van der Waals surface area contributed by atoms with E-state index in [0.717, 1.165) is 12.0 Å². The van der Waals surface area contributed by atoms with E-state index in [9.17, 15) is 18.8 Å². The highest BCUT2D eigenvalue weighted by atomic mass is 19.1. The molecule has 7 nitrogen and oxygen atoms in total. The maximum atomic E-state index is 12.8. The van der Waals surface area contributed by atoms with Gasteiger partial charge in [0.05, 0.1) is 6.54 Å². The fourth-order valence-corrected chi connectivity index (χ4v) is 2.12. The first-order valence-electron chi connectivity index (χ1n) is 8.65. The van der Waals surface area contributed by atoms with Crippen molar-refractivity contribution in [1.82, 2.24) is 5.32 Å². The number of anilines is 1. The molecule has 0 spiro atoms. The maximum absolute atomic E-state index is 12.8. The van der Waals surface area contributed by atoms with Gasteiger partial charge in [-0.25, -0.2) is 9.18 Å². The van der Waals surface area contributed by atoms with Gasteiger partial charge in [-0.05, 0) is 48.4 Å². The van der Waals surface area contributed by atoms with E-state index in [0.29, 0.717) is 11.4 Å². The number of carbonyl (C=O) groups is 3. The predicted octanol–water partition coefficient (Wildman–Crippen LogP) is 2.06. The molecule has 0 radical (unpaired) electrons. The molecule has 2 N–H and O–H groups in total. The zero-order valence-corrected chi connectivity index (χ0v) is 15.4. The van der Waals surface area contributed by atoms with Gasteiger partial charge < -0.3 is 20.1 Å². The molecular formula is C20H21FN2O5. The van der Waals surface area contributed by atoms with Gasteiger partial charge in [0.2, 0.25) is 5.91 Å². The van der Waals surface area contributed by atoms with Crippen molar-refractivity contribution in [3.05, 3.63) is 59.9 Å². The Morgan fingerprint density at radius 1 is 0.929 bits per heavy atom. The molecule has 2 aromatic carbocycles. The molecule has 8 heteroatoms. The Bertz CT molecular complexity index is 806. The number of aryl methyl sites for hydroxylation is 1. The highest BCUT2D eigenvalue weighted by molar-refractivity contribution is 5.94. The number of amides is 2. The van der Waals surface area contributed by atoms with Crippen molar-refractivity contribution in [2.75, 3.05) is 25.1 Å². The summed E-state index contributed by atoms with van der Waals surface area (Å²) in [6.45, 7) is 0.864. The van der Waals surface area contributed by atoms with E-state index < -0.39 is 30.2 Å². The second-order valence-electron chi connectivity index (χ2n) is 5.78. The lowest BCUT2D eigenvalue weighted by Crippen LogP contribution is -2.36.